The molecule has 2 aromatic carbocycles. The summed E-state index contributed by atoms with van der Waals surface area (Å²) in [6.45, 7) is 0. The number of amides is 1. The SMILES string of the molecule is CN(C(=O)C(O)c1ccccc1)c1ccc(C#N)cc1. The van der Waals surface area contributed by atoms with Gasteiger partial charge in [0.25, 0.3) is 5.91 Å². The van der Waals surface area contributed by atoms with E-state index in [1.807, 2.05) is 12.1 Å². The highest BCUT2D eigenvalue weighted by Gasteiger charge is 2.21. The molecule has 0 heterocycles. The summed E-state index contributed by atoms with van der Waals surface area (Å²) in [5.41, 5.74) is 1.71. The fourth-order valence-corrected chi connectivity index (χ4v) is 1.85. The van der Waals surface area contributed by atoms with Gasteiger partial charge in [0.05, 0.1) is 11.6 Å². The molecule has 0 bridgehead atoms. The first-order valence-electron chi connectivity index (χ1n) is 6.14. The van der Waals surface area contributed by atoms with Crippen molar-refractivity contribution >= 4 is 11.6 Å². The van der Waals surface area contributed by atoms with Crippen LogP contribution in [0.4, 0.5) is 5.69 Å². The number of nitriles is 1. The van der Waals surface area contributed by atoms with Crippen molar-refractivity contribution in [3.8, 4) is 6.07 Å². The van der Waals surface area contributed by atoms with Crippen LogP contribution in [0.1, 0.15) is 17.2 Å². The average Bonchev–Trinajstić information content (AvgIpc) is 2.53. The lowest BCUT2D eigenvalue weighted by Gasteiger charge is -2.21. The fraction of sp³-hybridized carbons (Fsp3) is 0.125. The van der Waals surface area contributed by atoms with Crippen LogP contribution in [0.25, 0.3) is 0 Å². The first-order chi connectivity index (χ1) is 9.63. The Morgan fingerprint density at radius 3 is 2.30 bits per heavy atom. The third kappa shape index (κ3) is 2.85. The van der Waals surface area contributed by atoms with E-state index in [1.165, 1.54) is 4.90 Å². The quantitative estimate of drug-likeness (QED) is 0.926. The summed E-state index contributed by atoms with van der Waals surface area (Å²) >= 11 is 0. The lowest BCUT2D eigenvalue weighted by atomic mass is 10.1. The zero-order chi connectivity index (χ0) is 14.5. The second-order valence-corrected chi connectivity index (χ2v) is 4.37. The summed E-state index contributed by atoms with van der Waals surface area (Å²) in [7, 11) is 1.59. The Balaban J connectivity index is 2.18. The number of anilines is 1. The fourth-order valence-electron chi connectivity index (χ4n) is 1.85. The van der Waals surface area contributed by atoms with Crippen LogP contribution >= 0.6 is 0 Å². The molecule has 4 nitrogen and oxygen atoms in total. The first-order valence-corrected chi connectivity index (χ1v) is 6.14. The highest BCUT2D eigenvalue weighted by Crippen LogP contribution is 2.20. The monoisotopic (exact) mass is 266 g/mol. The topological polar surface area (TPSA) is 64.3 Å². The number of nitrogens with zero attached hydrogens (tertiary/aromatic N) is 2. The number of aliphatic hydroxyl groups excluding tert-OH is 1. The number of hydrogen-bond donors (Lipinski definition) is 1. The van der Waals surface area contributed by atoms with E-state index in [0.29, 0.717) is 16.8 Å². The Morgan fingerprint density at radius 1 is 1.15 bits per heavy atom. The van der Waals surface area contributed by atoms with E-state index in [2.05, 4.69) is 0 Å². The van der Waals surface area contributed by atoms with Crippen molar-refractivity contribution in [1.82, 2.24) is 0 Å². The maximum atomic E-state index is 12.2. The van der Waals surface area contributed by atoms with Gasteiger partial charge in [-0.3, -0.25) is 4.79 Å². The van der Waals surface area contributed by atoms with Crippen molar-refractivity contribution in [1.29, 1.82) is 5.26 Å². The van der Waals surface area contributed by atoms with Gasteiger partial charge in [0.1, 0.15) is 0 Å². The minimum absolute atomic E-state index is 0.416. The van der Waals surface area contributed by atoms with E-state index in [0.717, 1.165) is 0 Å². The molecule has 0 saturated heterocycles. The number of aliphatic hydroxyl groups is 1. The lowest BCUT2D eigenvalue weighted by Crippen LogP contribution is -2.31. The maximum Gasteiger partial charge on any atom is 0.260 e. The molecule has 2 rings (SSSR count). The lowest BCUT2D eigenvalue weighted by molar-refractivity contribution is -0.126. The minimum Gasteiger partial charge on any atom is -0.378 e. The molecule has 0 aliphatic rings. The van der Waals surface area contributed by atoms with E-state index in [1.54, 1.807) is 55.6 Å². The molecule has 2 aromatic rings. The summed E-state index contributed by atoms with van der Waals surface area (Å²) in [6, 6.07) is 17.4. The largest absolute Gasteiger partial charge is 0.378 e. The molecule has 100 valence electrons. The van der Waals surface area contributed by atoms with Crippen molar-refractivity contribution in [2.75, 3.05) is 11.9 Å². The molecule has 20 heavy (non-hydrogen) atoms. The number of rotatable bonds is 3. The molecule has 1 atom stereocenters. The van der Waals surface area contributed by atoms with Crippen molar-refractivity contribution in [3.05, 3.63) is 65.7 Å². The van der Waals surface area contributed by atoms with Gasteiger partial charge < -0.3 is 10.0 Å². The van der Waals surface area contributed by atoms with Gasteiger partial charge in [-0.1, -0.05) is 30.3 Å². The summed E-state index contributed by atoms with van der Waals surface area (Å²) < 4.78 is 0. The van der Waals surface area contributed by atoms with Crippen molar-refractivity contribution in [2.45, 2.75) is 6.10 Å². The number of likely N-dealkylation sites (N-methyl/N-ethyl adjacent to an activating group) is 1. The van der Waals surface area contributed by atoms with Crippen LogP contribution in [0.2, 0.25) is 0 Å². The summed E-state index contributed by atoms with van der Waals surface area (Å²) in [5.74, 6) is -0.416. The normalized spacial score (nSPS) is 11.4. The molecule has 0 aliphatic heterocycles. The molecular weight excluding hydrogens is 252 g/mol. The van der Waals surface area contributed by atoms with Crippen LogP contribution in [0.3, 0.4) is 0 Å². The van der Waals surface area contributed by atoms with Gasteiger partial charge in [-0.15, -0.1) is 0 Å². The van der Waals surface area contributed by atoms with Crippen LogP contribution in [-0.2, 0) is 4.79 Å². The Labute approximate surface area is 117 Å². The molecule has 0 spiro atoms. The zero-order valence-electron chi connectivity index (χ0n) is 11.0. The molecule has 4 heteroatoms. The maximum absolute atomic E-state index is 12.2. The van der Waals surface area contributed by atoms with Crippen LogP contribution < -0.4 is 4.90 Å². The molecule has 1 amide bonds. The number of hydrogen-bond acceptors (Lipinski definition) is 3. The Morgan fingerprint density at radius 2 is 1.75 bits per heavy atom. The van der Waals surface area contributed by atoms with Crippen molar-refractivity contribution < 1.29 is 9.90 Å². The van der Waals surface area contributed by atoms with Gasteiger partial charge in [-0.25, -0.2) is 0 Å². The second-order valence-electron chi connectivity index (χ2n) is 4.37. The molecule has 1 unspecified atom stereocenters. The molecule has 0 aliphatic carbocycles. The zero-order valence-corrected chi connectivity index (χ0v) is 11.0. The molecule has 0 saturated carbocycles. The Bertz CT molecular complexity index is 630. The molecular formula is C16H14N2O2. The smallest absolute Gasteiger partial charge is 0.260 e. The predicted molar refractivity (Wildman–Crippen MR) is 76.0 cm³/mol. The Kier molecular flexibility index (Phi) is 4.14. The molecule has 0 aromatic heterocycles. The van der Waals surface area contributed by atoms with Gasteiger partial charge in [0.15, 0.2) is 6.10 Å². The van der Waals surface area contributed by atoms with Gasteiger partial charge in [-0.05, 0) is 29.8 Å². The van der Waals surface area contributed by atoms with E-state index < -0.39 is 12.0 Å². The summed E-state index contributed by atoms with van der Waals surface area (Å²) in [5, 5.41) is 18.8. The number of carbonyl (C=O) groups is 1. The number of benzene rings is 2. The molecule has 1 N–H and O–H groups in total. The number of carbonyl (C=O) groups excluding carboxylic acids is 1. The predicted octanol–water partition coefficient (Wildman–Crippen LogP) is 2.25. The van der Waals surface area contributed by atoms with Gasteiger partial charge in [-0.2, -0.15) is 5.26 Å². The van der Waals surface area contributed by atoms with Crippen LogP contribution in [0.15, 0.2) is 54.6 Å². The highest BCUT2D eigenvalue weighted by molar-refractivity contribution is 5.96. The third-order valence-electron chi connectivity index (χ3n) is 3.06. The van der Waals surface area contributed by atoms with Gasteiger partial charge in [0, 0.05) is 12.7 Å². The first kappa shape index (κ1) is 13.8. The van der Waals surface area contributed by atoms with Crippen molar-refractivity contribution in [3.63, 3.8) is 0 Å². The summed E-state index contributed by atoms with van der Waals surface area (Å²) in [6.07, 6.45) is -1.20. The minimum atomic E-state index is -1.20. The van der Waals surface area contributed by atoms with E-state index in [4.69, 9.17) is 5.26 Å². The van der Waals surface area contributed by atoms with E-state index >= 15 is 0 Å². The van der Waals surface area contributed by atoms with E-state index in [-0.39, 0.29) is 0 Å². The third-order valence-corrected chi connectivity index (χ3v) is 3.06. The summed E-state index contributed by atoms with van der Waals surface area (Å²) in [4.78, 5) is 13.6. The van der Waals surface area contributed by atoms with Gasteiger partial charge in [0.2, 0.25) is 0 Å². The van der Waals surface area contributed by atoms with Crippen LogP contribution in [-0.4, -0.2) is 18.1 Å². The molecule has 0 fully saturated rings. The van der Waals surface area contributed by atoms with Crippen LogP contribution in [0, 0.1) is 11.3 Å². The Hall–Kier alpha value is -2.64. The average molecular weight is 266 g/mol. The second kappa shape index (κ2) is 6.00. The molecule has 0 radical (unpaired) electrons. The van der Waals surface area contributed by atoms with Crippen LogP contribution in [0.5, 0.6) is 0 Å². The van der Waals surface area contributed by atoms with Crippen molar-refractivity contribution in [2.24, 2.45) is 0 Å². The van der Waals surface area contributed by atoms with Gasteiger partial charge >= 0.3 is 0 Å². The standard InChI is InChI=1S/C16H14N2O2/c1-18(14-9-7-12(11-17)8-10-14)16(20)15(19)13-5-3-2-4-6-13/h2-10,15,19H,1H3. The van der Waals surface area contributed by atoms with E-state index in [9.17, 15) is 9.90 Å². The highest BCUT2D eigenvalue weighted by atomic mass is 16.3.